The first-order valence-corrected chi connectivity index (χ1v) is 10.5. The second-order valence-corrected chi connectivity index (χ2v) is 7.30. The van der Waals surface area contributed by atoms with Gasteiger partial charge in [-0.2, -0.15) is 0 Å². The van der Waals surface area contributed by atoms with Crippen molar-refractivity contribution in [1.82, 2.24) is 0 Å². The molecule has 0 rings (SSSR count). The number of aliphatic hydroxyl groups excluding tert-OH is 1. The van der Waals surface area contributed by atoms with Gasteiger partial charge < -0.3 is 15.0 Å². The average molecular weight is 365 g/mol. The van der Waals surface area contributed by atoms with Gasteiger partial charge in [0.1, 0.15) is 0 Å². The molecular weight excluding hydrogens is 323 g/mol. The number of hydrogen-bond donors (Lipinski definition) is 1. The Morgan fingerprint density at radius 1 is 0.720 bits per heavy atom. The van der Waals surface area contributed by atoms with Crippen molar-refractivity contribution < 1.29 is 44.6 Å². The van der Waals surface area contributed by atoms with E-state index in [2.05, 4.69) is 6.92 Å². The van der Waals surface area contributed by atoms with E-state index in [0.717, 1.165) is 19.3 Å². The van der Waals surface area contributed by atoms with Crippen LogP contribution in [0.5, 0.6) is 0 Å². The minimum Gasteiger partial charge on any atom is -0.550 e. The van der Waals surface area contributed by atoms with Crippen LogP contribution in [0.1, 0.15) is 122 Å². The van der Waals surface area contributed by atoms with Crippen LogP contribution in [-0.4, -0.2) is 17.2 Å². The van der Waals surface area contributed by atoms with Crippen LogP contribution in [0.3, 0.4) is 0 Å². The van der Waals surface area contributed by atoms with Crippen LogP contribution in [0.25, 0.3) is 0 Å². The van der Waals surface area contributed by atoms with E-state index in [1.54, 1.807) is 0 Å². The normalized spacial score (nSPS) is 11.9. The fourth-order valence-electron chi connectivity index (χ4n) is 3.18. The van der Waals surface area contributed by atoms with Gasteiger partial charge in [0.2, 0.25) is 0 Å². The molecule has 0 aliphatic carbocycles. The third kappa shape index (κ3) is 24.4. The van der Waals surface area contributed by atoms with Crippen molar-refractivity contribution >= 4 is 5.97 Å². The third-order valence-electron chi connectivity index (χ3n) is 4.82. The van der Waals surface area contributed by atoms with Crippen LogP contribution in [0.2, 0.25) is 0 Å². The zero-order valence-corrected chi connectivity index (χ0v) is 19.1. The zero-order valence-electron chi connectivity index (χ0n) is 17.1. The smallest absolute Gasteiger partial charge is 0.550 e. The predicted molar refractivity (Wildman–Crippen MR) is 99.8 cm³/mol. The summed E-state index contributed by atoms with van der Waals surface area (Å²) in [4.78, 5) is 10.3. The van der Waals surface area contributed by atoms with E-state index in [9.17, 15) is 15.0 Å². The molecule has 0 aromatic carbocycles. The molecule has 0 aliphatic rings. The molecule has 0 saturated carbocycles. The second kappa shape index (κ2) is 22.5. The van der Waals surface area contributed by atoms with Gasteiger partial charge in [0, 0.05) is 5.97 Å². The Kier molecular flexibility index (Phi) is 24.9. The fourth-order valence-corrected chi connectivity index (χ4v) is 3.18. The molecule has 1 unspecified atom stereocenters. The molecule has 0 saturated heterocycles. The Morgan fingerprint density at radius 2 is 1.08 bits per heavy atom. The minimum absolute atomic E-state index is 0. The summed E-state index contributed by atoms with van der Waals surface area (Å²) >= 11 is 0. The molecule has 0 radical (unpaired) electrons. The van der Waals surface area contributed by atoms with Crippen molar-refractivity contribution in [2.75, 3.05) is 0 Å². The first-order chi connectivity index (χ1) is 11.7. The summed E-state index contributed by atoms with van der Waals surface area (Å²) in [5.74, 6) is -1.06. The molecule has 0 fully saturated rings. The maximum absolute atomic E-state index is 10.3. The minimum atomic E-state index is -1.06. The molecule has 0 aromatic heterocycles. The molecule has 3 nitrogen and oxygen atoms in total. The van der Waals surface area contributed by atoms with Crippen LogP contribution in [0.15, 0.2) is 0 Å². The third-order valence-corrected chi connectivity index (χ3v) is 4.82. The summed E-state index contributed by atoms with van der Waals surface area (Å²) < 4.78 is 0. The van der Waals surface area contributed by atoms with E-state index in [1.165, 1.54) is 83.5 Å². The summed E-state index contributed by atoms with van der Waals surface area (Å²) in [6.45, 7) is 2.27. The second-order valence-electron chi connectivity index (χ2n) is 7.30. The quantitative estimate of drug-likeness (QED) is 0.282. The van der Waals surface area contributed by atoms with E-state index < -0.39 is 12.1 Å². The van der Waals surface area contributed by atoms with Crippen molar-refractivity contribution in [1.29, 1.82) is 0 Å². The Labute approximate surface area is 178 Å². The van der Waals surface area contributed by atoms with Gasteiger partial charge in [0.25, 0.3) is 0 Å². The van der Waals surface area contributed by atoms with Gasteiger partial charge in [0.05, 0.1) is 6.10 Å². The van der Waals surface area contributed by atoms with E-state index in [-0.39, 0.29) is 36.0 Å². The standard InChI is InChI=1S/C21H42O3.Na/c1-2-3-4-5-6-7-8-9-10-11-12-13-14-15-16-17-20(22)18-19-21(23)24;/h20,22H,2-19H2,1H3,(H,23,24);/q;+1/p-1. The summed E-state index contributed by atoms with van der Waals surface area (Å²) in [7, 11) is 0. The summed E-state index contributed by atoms with van der Waals surface area (Å²) in [5.41, 5.74) is 0. The van der Waals surface area contributed by atoms with Crippen LogP contribution in [-0.2, 0) is 4.79 Å². The van der Waals surface area contributed by atoms with Crippen LogP contribution in [0, 0.1) is 0 Å². The topological polar surface area (TPSA) is 60.4 Å². The Balaban J connectivity index is 0. The summed E-state index contributed by atoms with van der Waals surface area (Å²) in [6.07, 6.45) is 20.6. The van der Waals surface area contributed by atoms with Crippen molar-refractivity contribution in [3.05, 3.63) is 0 Å². The first-order valence-electron chi connectivity index (χ1n) is 10.5. The number of rotatable bonds is 19. The Hall–Kier alpha value is 0.430. The van der Waals surface area contributed by atoms with Crippen LogP contribution < -0.4 is 34.7 Å². The molecule has 0 bridgehead atoms. The van der Waals surface area contributed by atoms with Gasteiger partial charge >= 0.3 is 29.6 Å². The van der Waals surface area contributed by atoms with Crippen molar-refractivity contribution in [2.45, 2.75) is 129 Å². The summed E-state index contributed by atoms with van der Waals surface area (Å²) in [6, 6.07) is 0. The average Bonchev–Trinajstić information content (AvgIpc) is 2.56. The maximum Gasteiger partial charge on any atom is 1.00 e. The zero-order chi connectivity index (χ0) is 17.9. The molecule has 1 atom stereocenters. The molecule has 0 aromatic rings. The molecule has 0 amide bonds. The molecule has 25 heavy (non-hydrogen) atoms. The first kappa shape index (κ1) is 27.6. The van der Waals surface area contributed by atoms with Gasteiger partial charge in [0.15, 0.2) is 0 Å². The molecular formula is C21H41NaO3. The molecule has 1 N–H and O–H groups in total. The predicted octanol–water partition coefficient (Wildman–Crippen LogP) is 2.14. The number of carbonyl (C=O) groups excluding carboxylic acids is 1. The van der Waals surface area contributed by atoms with Gasteiger partial charge in [-0.1, -0.05) is 103 Å². The van der Waals surface area contributed by atoms with Crippen molar-refractivity contribution in [2.24, 2.45) is 0 Å². The van der Waals surface area contributed by atoms with Crippen LogP contribution >= 0.6 is 0 Å². The number of carboxylic acid groups (broad SMARTS) is 1. The van der Waals surface area contributed by atoms with E-state index in [0.29, 0.717) is 6.42 Å². The number of hydrogen-bond acceptors (Lipinski definition) is 3. The molecule has 4 heteroatoms. The number of aliphatic hydroxyl groups is 1. The van der Waals surface area contributed by atoms with Gasteiger partial charge in [-0.05, 0) is 19.3 Å². The number of carboxylic acids is 1. The van der Waals surface area contributed by atoms with E-state index in [1.807, 2.05) is 0 Å². The maximum atomic E-state index is 10.3. The van der Waals surface area contributed by atoms with Crippen molar-refractivity contribution in [3.8, 4) is 0 Å². The van der Waals surface area contributed by atoms with Crippen molar-refractivity contribution in [3.63, 3.8) is 0 Å². The van der Waals surface area contributed by atoms with Crippen LogP contribution in [0.4, 0.5) is 0 Å². The Morgan fingerprint density at radius 3 is 1.44 bits per heavy atom. The molecule has 0 aliphatic heterocycles. The van der Waals surface area contributed by atoms with Gasteiger partial charge in [-0.15, -0.1) is 0 Å². The Bertz CT molecular complexity index is 272. The number of unbranched alkanes of at least 4 members (excludes halogenated alkanes) is 14. The number of aliphatic carboxylic acids is 1. The van der Waals surface area contributed by atoms with Gasteiger partial charge in [-0.3, -0.25) is 0 Å². The molecule has 144 valence electrons. The molecule has 0 heterocycles. The fraction of sp³-hybridized carbons (Fsp3) is 0.952. The monoisotopic (exact) mass is 364 g/mol. The SMILES string of the molecule is CCCCCCCCCCCCCCCCCC(O)CCC(=O)[O-].[Na+]. The molecule has 0 spiro atoms. The van der Waals surface area contributed by atoms with Gasteiger partial charge in [-0.25, -0.2) is 0 Å². The van der Waals surface area contributed by atoms with E-state index in [4.69, 9.17) is 0 Å². The number of carbonyl (C=O) groups is 1. The largest absolute Gasteiger partial charge is 1.00 e. The van der Waals surface area contributed by atoms with E-state index >= 15 is 0 Å². The summed E-state index contributed by atoms with van der Waals surface area (Å²) in [5, 5.41) is 19.9.